The SMILES string of the molecule is CCOc1ncccc1C(=O)NCCOc1ccccc1OC. The van der Waals surface area contributed by atoms with E-state index in [1.165, 1.54) is 0 Å². The average Bonchev–Trinajstić information content (AvgIpc) is 2.59. The zero-order valence-corrected chi connectivity index (χ0v) is 13.2. The number of hydrogen-bond acceptors (Lipinski definition) is 5. The van der Waals surface area contributed by atoms with Gasteiger partial charge in [0.25, 0.3) is 5.91 Å². The van der Waals surface area contributed by atoms with Crippen molar-refractivity contribution in [2.75, 3.05) is 26.9 Å². The summed E-state index contributed by atoms with van der Waals surface area (Å²) in [5.74, 6) is 1.38. The number of hydrogen-bond donors (Lipinski definition) is 1. The van der Waals surface area contributed by atoms with Gasteiger partial charge in [-0.3, -0.25) is 4.79 Å². The van der Waals surface area contributed by atoms with Gasteiger partial charge >= 0.3 is 0 Å². The molecule has 0 fully saturated rings. The van der Waals surface area contributed by atoms with Gasteiger partial charge in [0.1, 0.15) is 12.2 Å². The summed E-state index contributed by atoms with van der Waals surface area (Å²) in [6.45, 7) is 2.99. The Labute approximate surface area is 135 Å². The summed E-state index contributed by atoms with van der Waals surface area (Å²) < 4.78 is 16.1. The number of ether oxygens (including phenoxy) is 3. The maximum Gasteiger partial charge on any atom is 0.256 e. The van der Waals surface area contributed by atoms with E-state index in [1.54, 1.807) is 25.4 Å². The molecule has 0 unspecified atom stereocenters. The van der Waals surface area contributed by atoms with E-state index in [2.05, 4.69) is 10.3 Å². The fourth-order valence-corrected chi connectivity index (χ4v) is 1.97. The Balaban J connectivity index is 1.86. The van der Waals surface area contributed by atoms with E-state index in [4.69, 9.17) is 14.2 Å². The number of carbonyl (C=O) groups excluding carboxylic acids is 1. The van der Waals surface area contributed by atoms with Crippen LogP contribution in [0.4, 0.5) is 0 Å². The molecule has 1 N–H and O–H groups in total. The Morgan fingerprint density at radius 2 is 1.91 bits per heavy atom. The Morgan fingerprint density at radius 1 is 1.13 bits per heavy atom. The highest BCUT2D eigenvalue weighted by Gasteiger charge is 2.12. The summed E-state index contributed by atoms with van der Waals surface area (Å²) in [7, 11) is 1.58. The molecule has 23 heavy (non-hydrogen) atoms. The summed E-state index contributed by atoms with van der Waals surface area (Å²) in [5.41, 5.74) is 0.409. The van der Waals surface area contributed by atoms with Crippen LogP contribution in [-0.2, 0) is 0 Å². The topological polar surface area (TPSA) is 69.7 Å². The lowest BCUT2D eigenvalue weighted by atomic mass is 10.2. The molecule has 0 spiro atoms. The molecule has 0 saturated heterocycles. The molecule has 0 bridgehead atoms. The van der Waals surface area contributed by atoms with Crippen LogP contribution in [0, 0.1) is 0 Å². The largest absolute Gasteiger partial charge is 0.493 e. The third kappa shape index (κ3) is 4.60. The molecule has 0 aliphatic rings. The van der Waals surface area contributed by atoms with Crippen LogP contribution >= 0.6 is 0 Å². The van der Waals surface area contributed by atoms with Crippen LogP contribution in [-0.4, -0.2) is 37.8 Å². The molecule has 6 nitrogen and oxygen atoms in total. The van der Waals surface area contributed by atoms with Gasteiger partial charge in [0.05, 0.1) is 20.3 Å². The number of nitrogens with zero attached hydrogens (tertiary/aromatic N) is 1. The first-order chi connectivity index (χ1) is 11.3. The van der Waals surface area contributed by atoms with Crippen LogP contribution in [0.3, 0.4) is 0 Å². The van der Waals surface area contributed by atoms with E-state index in [1.807, 2.05) is 31.2 Å². The van der Waals surface area contributed by atoms with Gasteiger partial charge in [-0.1, -0.05) is 12.1 Å². The number of methoxy groups -OCH3 is 1. The molecule has 2 rings (SSSR count). The number of amides is 1. The van der Waals surface area contributed by atoms with Gasteiger partial charge in [-0.2, -0.15) is 0 Å². The van der Waals surface area contributed by atoms with E-state index >= 15 is 0 Å². The maximum atomic E-state index is 12.2. The van der Waals surface area contributed by atoms with E-state index in [0.717, 1.165) is 0 Å². The van der Waals surface area contributed by atoms with Crippen LogP contribution in [0.15, 0.2) is 42.6 Å². The smallest absolute Gasteiger partial charge is 0.256 e. The molecule has 122 valence electrons. The summed E-state index contributed by atoms with van der Waals surface area (Å²) in [4.78, 5) is 16.2. The monoisotopic (exact) mass is 316 g/mol. The standard InChI is InChI=1S/C17H20N2O4/c1-3-22-17-13(7-6-10-19-17)16(20)18-11-12-23-15-9-5-4-8-14(15)21-2/h4-10H,3,11-12H2,1-2H3,(H,18,20). The molecule has 0 aliphatic heterocycles. The summed E-state index contributed by atoms with van der Waals surface area (Å²) >= 11 is 0. The van der Waals surface area contributed by atoms with Gasteiger partial charge in [0.15, 0.2) is 11.5 Å². The third-order valence-electron chi connectivity index (χ3n) is 3.01. The van der Waals surface area contributed by atoms with E-state index in [9.17, 15) is 4.79 Å². The van der Waals surface area contributed by atoms with Crippen molar-refractivity contribution in [3.8, 4) is 17.4 Å². The second-order valence-corrected chi connectivity index (χ2v) is 4.54. The molecule has 1 amide bonds. The van der Waals surface area contributed by atoms with Gasteiger partial charge in [-0.05, 0) is 31.2 Å². The summed E-state index contributed by atoms with van der Waals surface area (Å²) in [5, 5.41) is 2.78. The predicted octanol–water partition coefficient (Wildman–Crippen LogP) is 2.30. The molecule has 0 saturated carbocycles. The molecule has 6 heteroatoms. The van der Waals surface area contributed by atoms with Crippen molar-refractivity contribution in [1.82, 2.24) is 10.3 Å². The molecule has 2 aromatic rings. The Kier molecular flexibility index (Phi) is 6.23. The van der Waals surface area contributed by atoms with Crippen molar-refractivity contribution < 1.29 is 19.0 Å². The zero-order chi connectivity index (χ0) is 16.5. The molecule has 0 atom stereocenters. The molecule has 1 aromatic carbocycles. The minimum atomic E-state index is -0.245. The highest BCUT2D eigenvalue weighted by Crippen LogP contribution is 2.25. The lowest BCUT2D eigenvalue weighted by Crippen LogP contribution is -2.28. The zero-order valence-electron chi connectivity index (χ0n) is 13.2. The number of pyridine rings is 1. The second-order valence-electron chi connectivity index (χ2n) is 4.54. The number of nitrogens with one attached hydrogen (secondary N) is 1. The fourth-order valence-electron chi connectivity index (χ4n) is 1.97. The van der Waals surface area contributed by atoms with Crippen molar-refractivity contribution in [3.05, 3.63) is 48.2 Å². The Hall–Kier alpha value is -2.76. The number of benzene rings is 1. The van der Waals surface area contributed by atoms with Crippen LogP contribution in [0.2, 0.25) is 0 Å². The highest BCUT2D eigenvalue weighted by atomic mass is 16.5. The number of aromatic nitrogens is 1. The number of para-hydroxylation sites is 2. The number of rotatable bonds is 8. The quantitative estimate of drug-likeness (QED) is 0.757. The lowest BCUT2D eigenvalue weighted by Gasteiger charge is -2.11. The van der Waals surface area contributed by atoms with Crippen molar-refractivity contribution in [1.29, 1.82) is 0 Å². The first-order valence-corrected chi connectivity index (χ1v) is 7.38. The number of carbonyl (C=O) groups is 1. The maximum absolute atomic E-state index is 12.2. The van der Waals surface area contributed by atoms with Crippen LogP contribution in [0.1, 0.15) is 17.3 Å². The fraction of sp³-hybridized carbons (Fsp3) is 0.294. The van der Waals surface area contributed by atoms with Crippen molar-refractivity contribution >= 4 is 5.91 Å². The van der Waals surface area contributed by atoms with Crippen LogP contribution in [0.5, 0.6) is 17.4 Å². The molecular formula is C17H20N2O4. The van der Waals surface area contributed by atoms with Gasteiger partial charge in [0.2, 0.25) is 5.88 Å². The second kappa shape index (κ2) is 8.63. The molecular weight excluding hydrogens is 296 g/mol. The van der Waals surface area contributed by atoms with E-state index in [0.29, 0.717) is 42.7 Å². The van der Waals surface area contributed by atoms with Gasteiger partial charge < -0.3 is 19.5 Å². The predicted molar refractivity (Wildman–Crippen MR) is 86.2 cm³/mol. The molecule has 0 aliphatic carbocycles. The first-order valence-electron chi connectivity index (χ1n) is 7.38. The van der Waals surface area contributed by atoms with Gasteiger partial charge in [-0.15, -0.1) is 0 Å². The van der Waals surface area contributed by atoms with Crippen LogP contribution < -0.4 is 19.5 Å². The molecule has 0 radical (unpaired) electrons. The Morgan fingerprint density at radius 3 is 2.65 bits per heavy atom. The first kappa shape index (κ1) is 16.6. The van der Waals surface area contributed by atoms with Crippen molar-refractivity contribution in [2.45, 2.75) is 6.92 Å². The average molecular weight is 316 g/mol. The van der Waals surface area contributed by atoms with E-state index < -0.39 is 0 Å². The third-order valence-corrected chi connectivity index (χ3v) is 3.01. The minimum Gasteiger partial charge on any atom is -0.493 e. The van der Waals surface area contributed by atoms with Crippen LogP contribution in [0.25, 0.3) is 0 Å². The highest BCUT2D eigenvalue weighted by molar-refractivity contribution is 5.96. The van der Waals surface area contributed by atoms with E-state index in [-0.39, 0.29) is 5.91 Å². The normalized spacial score (nSPS) is 10.0. The molecule has 1 heterocycles. The summed E-state index contributed by atoms with van der Waals surface area (Å²) in [6, 6.07) is 10.7. The van der Waals surface area contributed by atoms with Gasteiger partial charge in [0, 0.05) is 6.20 Å². The summed E-state index contributed by atoms with van der Waals surface area (Å²) in [6.07, 6.45) is 1.59. The lowest BCUT2D eigenvalue weighted by molar-refractivity contribution is 0.0942. The van der Waals surface area contributed by atoms with Crippen molar-refractivity contribution in [2.24, 2.45) is 0 Å². The van der Waals surface area contributed by atoms with Gasteiger partial charge in [-0.25, -0.2) is 4.98 Å². The minimum absolute atomic E-state index is 0.245. The molecule has 1 aromatic heterocycles. The van der Waals surface area contributed by atoms with Crippen molar-refractivity contribution in [3.63, 3.8) is 0 Å². The Bertz CT molecular complexity index is 646.